The van der Waals surface area contributed by atoms with E-state index in [2.05, 4.69) is 10.5 Å². The number of carbonyl (C=O) groups excluding carboxylic acids is 1. The lowest BCUT2D eigenvalue weighted by molar-refractivity contribution is -0.121. The Morgan fingerprint density at radius 2 is 1.86 bits per heavy atom. The van der Waals surface area contributed by atoms with Gasteiger partial charge in [-0.05, 0) is 43.2 Å². The van der Waals surface area contributed by atoms with Crippen molar-refractivity contribution in [1.82, 2.24) is 14.8 Å². The molecule has 1 aromatic heterocycles. The molecule has 1 heterocycles. The maximum absolute atomic E-state index is 12.7. The van der Waals surface area contributed by atoms with E-state index in [1.54, 1.807) is 6.92 Å². The highest BCUT2D eigenvalue weighted by atomic mass is 32.2. The second-order valence-corrected chi connectivity index (χ2v) is 8.79. The molecule has 1 atom stereocenters. The van der Waals surface area contributed by atoms with Crippen LogP contribution in [-0.4, -0.2) is 37.4 Å². The van der Waals surface area contributed by atoms with Gasteiger partial charge in [-0.3, -0.25) is 4.79 Å². The van der Waals surface area contributed by atoms with Crippen LogP contribution in [0.1, 0.15) is 30.0 Å². The lowest BCUT2D eigenvalue weighted by Gasteiger charge is -2.19. The number of fused-ring (bicyclic) bond motifs is 1. The Bertz CT molecular complexity index is 1100. The van der Waals surface area contributed by atoms with Crippen molar-refractivity contribution in [3.05, 3.63) is 59.5 Å². The predicted molar refractivity (Wildman–Crippen MR) is 106 cm³/mol. The molecule has 0 bridgehead atoms. The standard InChI is InChI=1S/C20H23N3O4S/c1-13(17-10-9-16-7-5-6-8-18(16)11-17)21-19(24)12-23(4)28(25,26)20-14(2)22-27-15(20)3/h5-11,13H,12H2,1-4H3,(H,21,24). The number of amides is 1. The van der Waals surface area contributed by atoms with Crippen molar-refractivity contribution in [3.8, 4) is 0 Å². The summed E-state index contributed by atoms with van der Waals surface area (Å²) in [4.78, 5) is 12.4. The fourth-order valence-electron chi connectivity index (χ4n) is 3.13. The molecule has 0 aliphatic heterocycles. The summed E-state index contributed by atoms with van der Waals surface area (Å²) < 4.78 is 31.4. The summed E-state index contributed by atoms with van der Waals surface area (Å²) in [7, 11) is -2.50. The number of nitrogens with zero attached hydrogens (tertiary/aromatic N) is 2. The summed E-state index contributed by atoms with van der Waals surface area (Å²) in [5.74, 6) is -0.187. The van der Waals surface area contributed by atoms with E-state index < -0.39 is 15.9 Å². The van der Waals surface area contributed by atoms with Crippen molar-refractivity contribution in [3.63, 3.8) is 0 Å². The fraction of sp³-hybridized carbons (Fsp3) is 0.300. The maximum Gasteiger partial charge on any atom is 0.248 e. The first kappa shape index (κ1) is 20.0. The number of rotatable bonds is 6. The second kappa shape index (κ2) is 7.73. The van der Waals surface area contributed by atoms with Gasteiger partial charge in [-0.2, -0.15) is 4.31 Å². The molecule has 1 amide bonds. The topological polar surface area (TPSA) is 92.5 Å². The monoisotopic (exact) mass is 401 g/mol. The molecule has 148 valence electrons. The van der Waals surface area contributed by atoms with Crippen LogP contribution in [0.4, 0.5) is 0 Å². The number of sulfonamides is 1. The molecule has 1 unspecified atom stereocenters. The zero-order valence-electron chi connectivity index (χ0n) is 16.3. The molecule has 0 fully saturated rings. The van der Waals surface area contributed by atoms with E-state index in [0.717, 1.165) is 20.6 Å². The zero-order valence-corrected chi connectivity index (χ0v) is 17.1. The van der Waals surface area contributed by atoms with Crippen molar-refractivity contribution in [2.75, 3.05) is 13.6 Å². The highest BCUT2D eigenvalue weighted by Gasteiger charge is 2.30. The quantitative estimate of drug-likeness (QED) is 0.686. The molecule has 0 spiro atoms. The largest absolute Gasteiger partial charge is 0.360 e. The van der Waals surface area contributed by atoms with Crippen LogP contribution in [0.5, 0.6) is 0 Å². The van der Waals surface area contributed by atoms with E-state index >= 15 is 0 Å². The third-order valence-corrected chi connectivity index (χ3v) is 6.70. The summed E-state index contributed by atoms with van der Waals surface area (Å²) in [6.45, 7) is 4.65. The molecule has 0 aliphatic carbocycles. The summed E-state index contributed by atoms with van der Waals surface area (Å²) >= 11 is 0. The molecular formula is C20H23N3O4S. The van der Waals surface area contributed by atoms with E-state index in [1.807, 2.05) is 49.4 Å². The molecule has 0 saturated carbocycles. The minimum absolute atomic E-state index is 0.00498. The van der Waals surface area contributed by atoms with E-state index in [1.165, 1.54) is 14.0 Å². The number of nitrogens with one attached hydrogen (secondary N) is 1. The highest BCUT2D eigenvalue weighted by molar-refractivity contribution is 7.89. The van der Waals surface area contributed by atoms with Crippen molar-refractivity contribution >= 4 is 26.7 Å². The summed E-state index contributed by atoms with van der Waals surface area (Å²) in [5.41, 5.74) is 1.22. The molecule has 0 radical (unpaired) electrons. The van der Waals surface area contributed by atoms with Crippen LogP contribution < -0.4 is 5.32 Å². The Balaban J connectivity index is 1.70. The van der Waals surface area contributed by atoms with E-state index in [0.29, 0.717) is 0 Å². The van der Waals surface area contributed by atoms with Crippen LogP contribution in [0.25, 0.3) is 10.8 Å². The van der Waals surface area contributed by atoms with Gasteiger partial charge >= 0.3 is 0 Å². The molecular weight excluding hydrogens is 378 g/mol. The molecule has 0 aliphatic rings. The van der Waals surface area contributed by atoms with Crippen molar-refractivity contribution in [2.24, 2.45) is 0 Å². The van der Waals surface area contributed by atoms with Gasteiger partial charge < -0.3 is 9.84 Å². The third kappa shape index (κ3) is 3.93. The lowest BCUT2D eigenvalue weighted by atomic mass is 10.0. The minimum atomic E-state index is -3.87. The van der Waals surface area contributed by atoms with Gasteiger partial charge in [0.15, 0.2) is 5.76 Å². The van der Waals surface area contributed by atoms with Crippen LogP contribution in [-0.2, 0) is 14.8 Å². The average Bonchev–Trinajstić information content (AvgIpc) is 3.00. The average molecular weight is 401 g/mol. The van der Waals surface area contributed by atoms with Crippen LogP contribution in [0.2, 0.25) is 0 Å². The third-order valence-electron chi connectivity index (χ3n) is 4.65. The number of aryl methyl sites for hydroxylation is 2. The SMILES string of the molecule is Cc1noc(C)c1S(=O)(=O)N(C)CC(=O)NC(C)c1ccc2ccccc2c1. The van der Waals surface area contributed by atoms with Gasteiger partial charge in [0.1, 0.15) is 10.6 Å². The van der Waals surface area contributed by atoms with Crippen LogP contribution in [0.3, 0.4) is 0 Å². The normalized spacial score (nSPS) is 13.0. The number of hydrogen-bond acceptors (Lipinski definition) is 5. The van der Waals surface area contributed by atoms with Crippen molar-refractivity contribution in [2.45, 2.75) is 31.7 Å². The Kier molecular flexibility index (Phi) is 5.53. The molecule has 3 aromatic rings. The Hall–Kier alpha value is -2.71. The number of hydrogen-bond donors (Lipinski definition) is 1. The van der Waals surface area contributed by atoms with Gasteiger partial charge in [-0.25, -0.2) is 8.42 Å². The Morgan fingerprint density at radius 1 is 1.18 bits per heavy atom. The minimum Gasteiger partial charge on any atom is -0.360 e. The first-order valence-corrected chi connectivity index (χ1v) is 10.3. The zero-order chi connectivity index (χ0) is 20.5. The van der Waals surface area contributed by atoms with Gasteiger partial charge in [0.2, 0.25) is 15.9 Å². The number of aromatic nitrogens is 1. The Labute approximate surface area is 164 Å². The molecule has 1 N–H and O–H groups in total. The first-order valence-electron chi connectivity index (χ1n) is 8.87. The molecule has 3 rings (SSSR count). The van der Waals surface area contributed by atoms with Gasteiger partial charge in [0.05, 0.1) is 12.6 Å². The Morgan fingerprint density at radius 3 is 2.50 bits per heavy atom. The van der Waals surface area contributed by atoms with E-state index in [-0.39, 0.29) is 28.9 Å². The van der Waals surface area contributed by atoms with Gasteiger partial charge in [-0.15, -0.1) is 0 Å². The summed E-state index contributed by atoms with van der Waals surface area (Å²) in [6.07, 6.45) is 0. The molecule has 7 nitrogen and oxygen atoms in total. The summed E-state index contributed by atoms with van der Waals surface area (Å²) in [6, 6.07) is 13.7. The highest BCUT2D eigenvalue weighted by Crippen LogP contribution is 2.23. The lowest BCUT2D eigenvalue weighted by Crippen LogP contribution is -2.39. The van der Waals surface area contributed by atoms with Crippen LogP contribution in [0.15, 0.2) is 51.9 Å². The van der Waals surface area contributed by atoms with Crippen molar-refractivity contribution in [1.29, 1.82) is 0 Å². The van der Waals surface area contributed by atoms with Gasteiger partial charge in [0.25, 0.3) is 0 Å². The number of carbonyl (C=O) groups is 1. The number of benzene rings is 2. The van der Waals surface area contributed by atoms with Crippen LogP contribution in [0, 0.1) is 13.8 Å². The second-order valence-electron chi connectivity index (χ2n) is 6.81. The molecule has 2 aromatic carbocycles. The smallest absolute Gasteiger partial charge is 0.248 e. The maximum atomic E-state index is 12.7. The van der Waals surface area contributed by atoms with E-state index in [4.69, 9.17) is 4.52 Å². The molecule has 28 heavy (non-hydrogen) atoms. The van der Waals surface area contributed by atoms with Gasteiger partial charge in [-0.1, -0.05) is 41.6 Å². The number of likely N-dealkylation sites (N-methyl/N-ethyl adjacent to an activating group) is 1. The van der Waals surface area contributed by atoms with E-state index in [9.17, 15) is 13.2 Å². The van der Waals surface area contributed by atoms with Crippen molar-refractivity contribution < 1.29 is 17.7 Å². The predicted octanol–water partition coefficient (Wildman–Crippen LogP) is 2.94. The van der Waals surface area contributed by atoms with Gasteiger partial charge in [0, 0.05) is 7.05 Å². The summed E-state index contributed by atoms with van der Waals surface area (Å²) in [5, 5.41) is 8.73. The molecule has 8 heteroatoms. The fourth-order valence-corrected chi connectivity index (χ4v) is 4.54. The first-order chi connectivity index (χ1) is 13.2. The van der Waals surface area contributed by atoms with Crippen LogP contribution >= 0.6 is 0 Å². The molecule has 0 saturated heterocycles.